The number of rotatable bonds is 1. The maximum absolute atomic E-state index is 12.6. The van der Waals surface area contributed by atoms with Gasteiger partial charge in [0.05, 0.1) is 0 Å². The van der Waals surface area contributed by atoms with Gasteiger partial charge in [0, 0.05) is 5.57 Å². The highest BCUT2D eigenvalue weighted by Crippen LogP contribution is 2.40. The van der Waals surface area contributed by atoms with E-state index in [-0.39, 0.29) is 16.6 Å². The van der Waals surface area contributed by atoms with Crippen molar-refractivity contribution in [1.29, 1.82) is 0 Å². The fraction of sp³-hybridized carbons (Fsp3) is 0.409. The van der Waals surface area contributed by atoms with E-state index in [1.54, 1.807) is 12.2 Å². The van der Waals surface area contributed by atoms with Gasteiger partial charge in [-0.1, -0.05) is 71.9 Å². The van der Waals surface area contributed by atoms with E-state index >= 15 is 0 Å². The van der Waals surface area contributed by atoms with E-state index in [4.69, 9.17) is 0 Å². The lowest BCUT2D eigenvalue weighted by Crippen LogP contribution is -2.23. The highest BCUT2D eigenvalue weighted by Gasteiger charge is 2.30. The first kappa shape index (κ1) is 17.5. The third kappa shape index (κ3) is 3.55. The molecule has 0 unspecified atom stereocenters. The summed E-state index contributed by atoms with van der Waals surface area (Å²) in [5.74, 6) is 0.0669. The van der Waals surface area contributed by atoms with Gasteiger partial charge in [-0.05, 0) is 52.2 Å². The Hall–Kier alpha value is -1.89. The first-order valence-corrected chi connectivity index (χ1v) is 8.20. The molecule has 23 heavy (non-hydrogen) atoms. The van der Waals surface area contributed by atoms with E-state index < -0.39 is 0 Å². The Morgan fingerprint density at radius 2 is 1.35 bits per heavy atom. The second-order valence-electron chi connectivity index (χ2n) is 8.57. The molecule has 1 aromatic rings. The predicted molar refractivity (Wildman–Crippen MR) is 99.8 cm³/mol. The molecule has 0 aromatic heterocycles. The zero-order chi connectivity index (χ0) is 17.6. The first-order valence-electron chi connectivity index (χ1n) is 8.20. The van der Waals surface area contributed by atoms with Gasteiger partial charge in [0.2, 0.25) is 0 Å². The summed E-state index contributed by atoms with van der Waals surface area (Å²) in [5.41, 5.74) is 6.35. The van der Waals surface area contributed by atoms with Gasteiger partial charge in [-0.25, -0.2) is 0 Å². The van der Waals surface area contributed by atoms with Crippen molar-refractivity contribution in [2.24, 2.45) is 0 Å². The summed E-state index contributed by atoms with van der Waals surface area (Å²) in [4.78, 5) is 12.6. The van der Waals surface area contributed by atoms with Crippen molar-refractivity contribution in [3.05, 3.63) is 64.8 Å². The van der Waals surface area contributed by atoms with Crippen LogP contribution in [0.25, 0.3) is 5.57 Å². The summed E-state index contributed by atoms with van der Waals surface area (Å²) in [7, 11) is 0. The smallest absolute Gasteiger partial charge is 0.186 e. The molecule has 0 aliphatic heterocycles. The number of benzene rings is 1. The van der Waals surface area contributed by atoms with Gasteiger partial charge in [-0.15, -0.1) is 0 Å². The normalized spacial score (nSPS) is 15.9. The first-order chi connectivity index (χ1) is 10.4. The molecule has 0 N–H and O–H groups in total. The van der Waals surface area contributed by atoms with Gasteiger partial charge in [-0.2, -0.15) is 0 Å². The lowest BCUT2D eigenvalue weighted by atomic mass is 9.72. The summed E-state index contributed by atoms with van der Waals surface area (Å²) >= 11 is 0. The van der Waals surface area contributed by atoms with Crippen molar-refractivity contribution in [2.45, 2.75) is 59.3 Å². The van der Waals surface area contributed by atoms with Crippen molar-refractivity contribution in [2.75, 3.05) is 0 Å². The van der Waals surface area contributed by atoms with Crippen LogP contribution < -0.4 is 0 Å². The van der Waals surface area contributed by atoms with Crippen LogP contribution in [0, 0.1) is 6.92 Å². The Morgan fingerprint density at radius 3 is 1.78 bits per heavy atom. The van der Waals surface area contributed by atoms with Gasteiger partial charge in [0.15, 0.2) is 5.78 Å². The predicted octanol–water partition coefficient (Wildman–Crippen LogP) is 5.67. The number of ketones is 1. The molecule has 1 aliphatic carbocycles. The van der Waals surface area contributed by atoms with Crippen LogP contribution in [0.3, 0.4) is 0 Å². The average Bonchev–Trinajstić information content (AvgIpc) is 2.39. The molecule has 1 aromatic carbocycles. The fourth-order valence-corrected chi connectivity index (χ4v) is 3.03. The molecule has 0 saturated carbocycles. The third-order valence-corrected chi connectivity index (χ3v) is 4.21. The molecule has 0 heterocycles. The minimum absolute atomic E-state index is 0.0367. The number of hydrogen-bond donors (Lipinski definition) is 0. The van der Waals surface area contributed by atoms with Crippen LogP contribution in [-0.2, 0) is 15.6 Å². The second-order valence-corrected chi connectivity index (χ2v) is 8.57. The third-order valence-electron chi connectivity index (χ3n) is 4.21. The van der Waals surface area contributed by atoms with Gasteiger partial charge in [0.1, 0.15) is 0 Å². The lowest BCUT2D eigenvalue weighted by molar-refractivity contribution is -0.109. The Balaban J connectivity index is 2.89. The van der Waals surface area contributed by atoms with Gasteiger partial charge < -0.3 is 0 Å². The standard InChI is InChI=1S/C22H28O/c1-14-9-10-19(23)16(11-14)20-17(21(3,4)5)12-15(2)13-18(20)22(6,7)8/h9-13H,1H2,2-8H3. The van der Waals surface area contributed by atoms with Gasteiger partial charge >= 0.3 is 0 Å². The molecule has 122 valence electrons. The molecular weight excluding hydrogens is 280 g/mol. The van der Waals surface area contributed by atoms with Crippen molar-refractivity contribution >= 4 is 11.4 Å². The van der Waals surface area contributed by atoms with E-state index in [0.29, 0.717) is 0 Å². The molecular formula is C22H28O. The Kier molecular flexibility index (Phi) is 4.28. The highest BCUT2D eigenvalue weighted by molar-refractivity contribution is 6.28. The molecule has 0 saturated heterocycles. The summed E-state index contributed by atoms with van der Waals surface area (Å²) in [6.07, 6.45) is 5.35. The second kappa shape index (κ2) is 5.63. The largest absolute Gasteiger partial charge is 0.289 e. The molecule has 0 fully saturated rings. The van der Waals surface area contributed by atoms with E-state index in [0.717, 1.165) is 16.7 Å². The Bertz CT molecular complexity index is 693. The number of hydrogen-bond acceptors (Lipinski definition) is 1. The number of allylic oxidation sites excluding steroid dienone is 5. The van der Waals surface area contributed by atoms with Crippen LogP contribution in [0.1, 0.15) is 63.8 Å². The molecule has 0 atom stereocenters. The van der Waals surface area contributed by atoms with E-state index in [9.17, 15) is 4.79 Å². The van der Waals surface area contributed by atoms with Crippen LogP contribution in [-0.4, -0.2) is 5.78 Å². The van der Waals surface area contributed by atoms with E-state index in [1.807, 2.05) is 6.08 Å². The highest BCUT2D eigenvalue weighted by atomic mass is 16.1. The summed E-state index contributed by atoms with van der Waals surface area (Å²) in [6.45, 7) is 19.4. The van der Waals surface area contributed by atoms with E-state index in [1.165, 1.54) is 16.7 Å². The SMILES string of the molecule is C=C1C=CC(=O)C(c2c(C(C)(C)C)cc(C)cc2C(C)(C)C)=C1. The van der Waals surface area contributed by atoms with Crippen molar-refractivity contribution in [3.63, 3.8) is 0 Å². The molecule has 0 radical (unpaired) electrons. The van der Waals surface area contributed by atoms with Crippen LogP contribution >= 0.6 is 0 Å². The molecule has 1 heteroatoms. The minimum atomic E-state index is -0.0367. The zero-order valence-electron chi connectivity index (χ0n) is 15.5. The molecule has 2 rings (SSSR count). The number of carbonyl (C=O) groups excluding carboxylic acids is 1. The van der Waals surface area contributed by atoms with Crippen molar-refractivity contribution < 1.29 is 4.79 Å². The summed E-state index contributed by atoms with van der Waals surface area (Å²) in [6, 6.07) is 4.44. The average molecular weight is 308 g/mol. The molecule has 1 aliphatic rings. The van der Waals surface area contributed by atoms with Crippen LogP contribution in [0.15, 0.2) is 42.5 Å². The number of aryl methyl sites for hydroxylation is 1. The molecule has 0 amide bonds. The monoisotopic (exact) mass is 308 g/mol. The quantitative estimate of drug-likeness (QED) is 0.653. The van der Waals surface area contributed by atoms with Crippen molar-refractivity contribution in [3.8, 4) is 0 Å². The summed E-state index contributed by atoms with van der Waals surface area (Å²) < 4.78 is 0. The van der Waals surface area contributed by atoms with Gasteiger partial charge in [-0.3, -0.25) is 4.79 Å². The molecule has 0 bridgehead atoms. The van der Waals surface area contributed by atoms with Crippen LogP contribution in [0.5, 0.6) is 0 Å². The minimum Gasteiger partial charge on any atom is -0.289 e. The van der Waals surface area contributed by atoms with Gasteiger partial charge in [0.25, 0.3) is 0 Å². The van der Waals surface area contributed by atoms with Crippen LogP contribution in [0.2, 0.25) is 0 Å². The topological polar surface area (TPSA) is 17.1 Å². The Labute approximate surface area is 140 Å². The van der Waals surface area contributed by atoms with Crippen molar-refractivity contribution in [1.82, 2.24) is 0 Å². The molecule has 0 spiro atoms. The zero-order valence-corrected chi connectivity index (χ0v) is 15.5. The van der Waals surface area contributed by atoms with E-state index in [2.05, 4.69) is 67.2 Å². The fourth-order valence-electron chi connectivity index (χ4n) is 3.03. The Morgan fingerprint density at radius 1 is 0.870 bits per heavy atom. The summed E-state index contributed by atoms with van der Waals surface area (Å²) in [5, 5.41) is 0. The lowest BCUT2D eigenvalue weighted by Gasteiger charge is -2.32. The van der Waals surface area contributed by atoms with Crippen LogP contribution in [0.4, 0.5) is 0 Å². The number of carbonyl (C=O) groups is 1. The maximum atomic E-state index is 12.6. The molecule has 1 nitrogen and oxygen atoms in total. The maximum Gasteiger partial charge on any atom is 0.186 e.